The molecular formula is C14H17N5OS2. The molecule has 0 saturated carbocycles. The van der Waals surface area contributed by atoms with Crippen LogP contribution in [0.4, 0.5) is 5.82 Å². The zero-order chi connectivity index (χ0) is 15.9. The van der Waals surface area contributed by atoms with E-state index in [9.17, 15) is 5.11 Å². The zero-order valence-electron chi connectivity index (χ0n) is 12.6. The van der Waals surface area contributed by atoms with Crippen molar-refractivity contribution in [1.82, 2.24) is 19.5 Å². The molecule has 0 aliphatic rings. The van der Waals surface area contributed by atoms with Gasteiger partial charge in [0.15, 0.2) is 5.16 Å². The molecule has 116 valence electrons. The summed E-state index contributed by atoms with van der Waals surface area (Å²) in [5.41, 5.74) is 8.03. The van der Waals surface area contributed by atoms with E-state index in [1.54, 1.807) is 17.5 Å². The van der Waals surface area contributed by atoms with Crippen molar-refractivity contribution in [3.05, 3.63) is 28.2 Å². The number of aliphatic hydroxyl groups excluding tert-OH is 1. The number of rotatable bonds is 4. The van der Waals surface area contributed by atoms with E-state index < -0.39 is 0 Å². The number of aryl methyl sites for hydroxylation is 2. The number of fused-ring (bicyclic) bond motifs is 1. The van der Waals surface area contributed by atoms with Crippen LogP contribution in [0.1, 0.15) is 22.0 Å². The lowest BCUT2D eigenvalue weighted by Crippen LogP contribution is -2.01. The van der Waals surface area contributed by atoms with Crippen LogP contribution in [0.25, 0.3) is 10.2 Å². The molecule has 0 aromatic carbocycles. The maximum atomic E-state index is 9.19. The maximum absolute atomic E-state index is 9.19. The molecule has 8 heteroatoms. The lowest BCUT2D eigenvalue weighted by molar-refractivity contribution is 0.271. The molecule has 0 aliphatic carbocycles. The SMILES string of the molecule is Cc1sc2nc(CSc3ncc(CO)n3C)nc(N)c2c1C. The van der Waals surface area contributed by atoms with Gasteiger partial charge < -0.3 is 15.4 Å². The summed E-state index contributed by atoms with van der Waals surface area (Å²) in [6.07, 6.45) is 1.67. The molecule has 22 heavy (non-hydrogen) atoms. The number of hydrogen-bond donors (Lipinski definition) is 2. The molecule has 3 N–H and O–H groups in total. The number of nitrogens with two attached hydrogens (primary N) is 1. The summed E-state index contributed by atoms with van der Waals surface area (Å²) in [5.74, 6) is 1.83. The van der Waals surface area contributed by atoms with Crippen molar-refractivity contribution in [2.45, 2.75) is 31.4 Å². The number of thiophene rings is 1. The molecule has 3 rings (SSSR count). The van der Waals surface area contributed by atoms with Crippen molar-refractivity contribution in [3.8, 4) is 0 Å². The lowest BCUT2D eigenvalue weighted by atomic mass is 10.2. The topological polar surface area (TPSA) is 89.9 Å². The third-order valence-electron chi connectivity index (χ3n) is 3.64. The highest BCUT2D eigenvalue weighted by Gasteiger charge is 2.14. The van der Waals surface area contributed by atoms with Gasteiger partial charge in [-0.15, -0.1) is 11.3 Å². The Morgan fingerprint density at radius 1 is 1.36 bits per heavy atom. The summed E-state index contributed by atoms with van der Waals surface area (Å²) in [7, 11) is 1.88. The first kappa shape index (κ1) is 15.3. The minimum atomic E-state index is -0.0206. The molecule has 3 aromatic rings. The molecule has 0 radical (unpaired) electrons. The Balaban J connectivity index is 1.86. The fraction of sp³-hybridized carbons (Fsp3) is 0.357. The molecule has 0 spiro atoms. The Hall–Kier alpha value is -1.64. The zero-order valence-corrected chi connectivity index (χ0v) is 14.3. The largest absolute Gasteiger partial charge is 0.390 e. The van der Waals surface area contributed by atoms with Crippen LogP contribution in [-0.2, 0) is 19.4 Å². The summed E-state index contributed by atoms with van der Waals surface area (Å²) in [6.45, 7) is 4.10. The minimum Gasteiger partial charge on any atom is -0.390 e. The second kappa shape index (κ2) is 5.86. The Morgan fingerprint density at radius 3 is 2.82 bits per heavy atom. The Labute approximate surface area is 136 Å². The lowest BCUT2D eigenvalue weighted by Gasteiger charge is -2.05. The van der Waals surface area contributed by atoms with E-state index in [0.29, 0.717) is 17.4 Å². The number of aromatic nitrogens is 4. The molecule has 0 amide bonds. The van der Waals surface area contributed by atoms with Gasteiger partial charge >= 0.3 is 0 Å². The predicted octanol–water partition coefficient (Wildman–Crippen LogP) is 2.41. The van der Waals surface area contributed by atoms with Crippen LogP contribution in [0.15, 0.2) is 11.4 Å². The van der Waals surface area contributed by atoms with Crippen LogP contribution in [0.2, 0.25) is 0 Å². The monoisotopic (exact) mass is 335 g/mol. The molecule has 3 heterocycles. The van der Waals surface area contributed by atoms with Crippen LogP contribution >= 0.6 is 23.1 Å². The predicted molar refractivity (Wildman–Crippen MR) is 90.0 cm³/mol. The van der Waals surface area contributed by atoms with E-state index in [0.717, 1.165) is 26.6 Å². The Morgan fingerprint density at radius 2 is 2.14 bits per heavy atom. The first-order chi connectivity index (χ1) is 10.5. The fourth-order valence-corrected chi connectivity index (χ4v) is 4.11. The molecule has 0 unspecified atom stereocenters. The fourth-order valence-electron chi connectivity index (χ4n) is 2.23. The van der Waals surface area contributed by atoms with Crippen molar-refractivity contribution >= 4 is 39.1 Å². The van der Waals surface area contributed by atoms with E-state index in [4.69, 9.17) is 5.73 Å². The Bertz CT molecular complexity index is 839. The smallest absolute Gasteiger partial charge is 0.168 e. The van der Waals surface area contributed by atoms with E-state index in [1.807, 2.05) is 18.5 Å². The van der Waals surface area contributed by atoms with Gasteiger partial charge in [-0.1, -0.05) is 11.8 Å². The first-order valence-corrected chi connectivity index (χ1v) is 8.57. The third kappa shape index (κ3) is 2.57. The van der Waals surface area contributed by atoms with Gasteiger partial charge in [0, 0.05) is 11.9 Å². The average molecular weight is 335 g/mol. The number of hydrogen-bond acceptors (Lipinski definition) is 7. The maximum Gasteiger partial charge on any atom is 0.168 e. The highest BCUT2D eigenvalue weighted by molar-refractivity contribution is 7.98. The second-order valence-electron chi connectivity index (χ2n) is 5.03. The van der Waals surface area contributed by atoms with Gasteiger partial charge in [0.25, 0.3) is 0 Å². The molecule has 0 fully saturated rings. The standard InChI is InChI=1S/C14H17N5OS2/c1-7-8(2)22-13-11(7)12(15)17-10(18-13)6-21-14-16-4-9(5-20)19(14)3/h4,20H,5-6H2,1-3H3,(H2,15,17,18). The van der Waals surface area contributed by atoms with Crippen LogP contribution in [0.5, 0.6) is 0 Å². The van der Waals surface area contributed by atoms with Gasteiger partial charge in [0.2, 0.25) is 0 Å². The first-order valence-electron chi connectivity index (χ1n) is 6.77. The van der Waals surface area contributed by atoms with Crippen LogP contribution in [0, 0.1) is 13.8 Å². The number of aliphatic hydroxyl groups is 1. The van der Waals surface area contributed by atoms with Crippen molar-refractivity contribution in [2.75, 3.05) is 5.73 Å². The summed E-state index contributed by atoms with van der Waals surface area (Å²) >= 11 is 3.17. The highest BCUT2D eigenvalue weighted by atomic mass is 32.2. The molecule has 0 aliphatic heterocycles. The van der Waals surface area contributed by atoms with Crippen molar-refractivity contribution in [2.24, 2.45) is 7.05 Å². The van der Waals surface area contributed by atoms with Crippen molar-refractivity contribution in [1.29, 1.82) is 0 Å². The van der Waals surface area contributed by atoms with Crippen molar-refractivity contribution < 1.29 is 5.11 Å². The molecule has 3 aromatic heterocycles. The van der Waals surface area contributed by atoms with Gasteiger partial charge in [-0.05, 0) is 19.4 Å². The van der Waals surface area contributed by atoms with E-state index in [-0.39, 0.29) is 6.61 Å². The summed E-state index contributed by atoms with van der Waals surface area (Å²) < 4.78 is 1.87. The minimum absolute atomic E-state index is 0.0206. The number of imidazole rings is 1. The molecule has 0 saturated heterocycles. The van der Waals surface area contributed by atoms with Crippen LogP contribution in [0.3, 0.4) is 0 Å². The Kier molecular flexibility index (Phi) is 4.07. The van der Waals surface area contributed by atoms with Crippen molar-refractivity contribution in [3.63, 3.8) is 0 Å². The summed E-state index contributed by atoms with van der Waals surface area (Å²) in [6, 6.07) is 0. The average Bonchev–Trinajstić information content (AvgIpc) is 2.97. The van der Waals surface area contributed by atoms with E-state index >= 15 is 0 Å². The van der Waals surface area contributed by atoms with Gasteiger partial charge in [-0.3, -0.25) is 0 Å². The quantitative estimate of drug-likeness (QED) is 0.712. The number of nitrogen functional groups attached to an aromatic ring is 1. The normalized spacial score (nSPS) is 11.5. The van der Waals surface area contributed by atoms with E-state index in [1.165, 1.54) is 16.6 Å². The van der Waals surface area contributed by atoms with Gasteiger partial charge in [-0.25, -0.2) is 15.0 Å². The molecule has 6 nitrogen and oxygen atoms in total. The molecular weight excluding hydrogens is 318 g/mol. The summed E-state index contributed by atoms with van der Waals surface area (Å²) in [4.78, 5) is 15.5. The van der Waals surface area contributed by atoms with Gasteiger partial charge in [0.05, 0.1) is 29.6 Å². The van der Waals surface area contributed by atoms with Gasteiger partial charge in [0.1, 0.15) is 16.5 Å². The number of nitrogens with zero attached hydrogens (tertiary/aromatic N) is 4. The summed E-state index contributed by atoms with van der Waals surface area (Å²) in [5, 5.41) is 11.0. The molecule has 0 bridgehead atoms. The highest BCUT2D eigenvalue weighted by Crippen LogP contribution is 2.32. The number of thioether (sulfide) groups is 1. The van der Waals surface area contributed by atoms with Crippen LogP contribution < -0.4 is 5.73 Å². The molecule has 0 atom stereocenters. The van der Waals surface area contributed by atoms with Gasteiger partial charge in [-0.2, -0.15) is 0 Å². The third-order valence-corrected chi connectivity index (χ3v) is 5.78. The number of anilines is 1. The van der Waals surface area contributed by atoms with Crippen LogP contribution in [-0.4, -0.2) is 24.6 Å². The second-order valence-corrected chi connectivity index (χ2v) is 7.17. The van der Waals surface area contributed by atoms with E-state index in [2.05, 4.69) is 21.9 Å².